The number of anilines is 2. The number of rotatable bonds is 6. The van der Waals surface area contributed by atoms with Crippen molar-refractivity contribution in [2.24, 2.45) is 0 Å². The molecule has 7 nitrogen and oxygen atoms in total. The maximum absolute atomic E-state index is 12.7. The summed E-state index contributed by atoms with van der Waals surface area (Å²) in [5.74, 6) is -2.11. The molecule has 26 heavy (non-hydrogen) atoms. The van der Waals surface area contributed by atoms with Gasteiger partial charge in [-0.3, -0.25) is 0 Å². The monoisotopic (exact) mass is 389 g/mol. The van der Waals surface area contributed by atoms with Crippen LogP contribution in [-0.2, 0) is 22.4 Å². The Balaban J connectivity index is 1.99. The van der Waals surface area contributed by atoms with Gasteiger partial charge in [-0.25, -0.2) is 8.42 Å². The van der Waals surface area contributed by atoms with Crippen LogP contribution in [0.3, 0.4) is 0 Å². The highest BCUT2D eigenvalue weighted by Gasteiger charge is 2.35. The summed E-state index contributed by atoms with van der Waals surface area (Å²) in [5, 5.41) is 2.76. The average Bonchev–Trinajstić information content (AvgIpc) is 2.51. The molecule has 0 bridgehead atoms. The molecule has 0 radical (unpaired) electrons. The Bertz CT molecular complexity index is 870. The molecule has 1 heterocycles. The van der Waals surface area contributed by atoms with E-state index in [1.165, 1.54) is 12.1 Å². The Morgan fingerprint density at radius 3 is 2.31 bits per heavy atom. The van der Waals surface area contributed by atoms with E-state index >= 15 is 0 Å². The summed E-state index contributed by atoms with van der Waals surface area (Å²) in [6.45, 7) is 1.76. The minimum atomic E-state index is -4.71. The van der Waals surface area contributed by atoms with Crippen LogP contribution in [0.5, 0.6) is 0 Å². The summed E-state index contributed by atoms with van der Waals surface area (Å²) >= 11 is 0. The molecular formula is C15H18F3N5O2S. The molecule has 1 atom stereocenters. The van der Waals surface area contributed by atoms with Crippen molar-refractivity contribution in [3.63, 3.8) is 0 Å². The second kappa shape index (κ2) is 7.44. The van der Waals surface area contributed by atoms with Crippen LogP contribution in [0.4, 0.5) is 25.1 Å². The van der Waals surface area contributed by atoms with Gasteiger partial charge in [0.15, 0.2) is 9.84 Å². The highest BCUT2D eigenvalue weighted by atomic mass is 32.2. The number of hydrogen-bond acceptors (Lipinski definition) is 7. The minimum absolute atomic E-state index is 0.229. The lowest BCUT2D eigenvalue weighted by atomic mass is 10.1. The molecule has 0 aliphatic rings. The van der Waals surface area contributed by atoms with Crippen molar-refractivity contribution in [2.75, 3.05) is 17.3 Å². The fraction of sp³-hybridized carbons (Fsp3) is 0.400. The topological polar surface area (TPSA) is 111 Å². The van der Waals surface area contributed by atoms with Gasteiger partial charge in [-0.2, -0.15) is 28.1 Å². The van der Waals surface area contributed by atoms with Crippen molar-refractivity contribution < 1.29 is 21.6 Å². The van der Waals surface area contributed by atoms with Gasteiger partial charge in [-0.15, -0.1) is 0 Å². The molecule has 0 fully saturated rings. The Hall–Kier alpha value is -2.43. The van der Waals surface area contributed by atoms with Crippen molar-refractivity contribution >= 4 is 21.7 Å². The summed E-state index contributed by atoms with van der Waals surface area (Å²) in [6, 6.07) is 6.20. The first-order chi connectivity index (χ1) is 11.9. The van der Waals surface area contributed by atoms with Gasteiger partial charge < -0.3 is 11.1 Å². The number of benzene rings is 1. The first-order valence-electron chi connectivity index (χ1n) is 7.59. The van der Waals surface area contributed by atoms with Crippen LogP contribution >= 0.6 is 0 Å². The molecule has 1 aromatic heterocycles. The second-order valence-corrected chi connectivity index (χ2v) is 7.85. The summed E-state index contributed by atoms with van der Waals surface area (Å²) in [7, 11) is -3.25. The normalized spacial score (nSPS) is 13.4. The maximum atomic E-state index is 12.7. The Morgan fingerprint density at radius 2 is 1.77 bits per heavy atom. The summed E-state index contributed by atoms with van der Waals surface area (Å²) in [4.78, 5) is 10.3. The van der Waals surface area contributed by atoms with Gasteiger partial charge in [-0.1, -0.05) is 12.1 Å². The number of nitrogen functional groups attached to an aromatic ring is 1. The molecule has 1 unspecified atom stereocenters. The van der Waals surface area contributed by atoms with Gasteiger partial charge in [0.1, 0.15) is 0 Å². The van der Waals surface area contributed by atoms with E-state index in [0.717, 1.165) is 11.8 Å². The van der Waals surface area contributed by atoms with Crippen LogP contribution in [0.25, 0.3) is 0 Å². The first kappa shape index (κ1) is 19.9. The maximum Gasteiger partial charge on any atom is 0.451 e. The third-order valence-electron chi connectivity index (χ3n) is 3.50. The molecular weight excluding hydrogens is 371 g/mol. The number of aryl methyl sites for hydroxylation is 1. The van der Waals surface area contributed by atoms with Gasteiger partial charge >= 0.3 is 6.18 Å². The van der Waals surface area contributed by atoms with Gasteiger partial charge in [0, 0.05) is 12.3 Å². The number of hydrogen-bond donors (Lipinski definition) is 2. The van der Waals surface area contributed by atoms with E-state index in [1.807, 2.05) is 0 Å². The van der Waals surface area contributed by atoms with Crippen LogP contribution in [0.15, 0.2) is 29.2 Å². The van der Waals surface area contributed by atoms with Gasteiger partial charge in [0.2, 0.25) is 17.7 Å². The Kier molecular flexibility index (Phi) is 5.69. The predicted octanol–water partition coefficient (Wildman–Crippen LogP) is 2.31. The zero-order chi connectivity index (χ0) is 19.5. The van der Waals surface area contributed by atoms with Crippen molar-refractivity contribution in [3.05, 3.63) is 35.7 Å². The van der Waals surface area contributed by atoms with E-state index in [2.05, 4.69) is 20.3 Å². The highest BCUT2D eigenvalue weighted by molar-refractivity contribution is 7.90. The largest absolute Gasteiger partial charge is 0.451 e. The van der Waals surface area contributed by atoms with Crippen molar-refractivity contribution in [1.29, 1.82) is 0 Å². The number of nitrogens with two attached hydrogens (primary N) is 1. The molecule has 0 spiro atoms. The number of alkyl halides is 3. The average molecular weight is 389 g/mol. The molecule has 0 saturated heterocycles. The van der Waals surface area contributed by atoms with E-state index in [0.29, 0.717) is 12.8 Å². The molecule has 0 saturated carbocycles. The number of nitrogens with one attached hydrogen (secondary N) is 1. The Morgan fingerprint density at radius 1 is 1.15 bits per heavy atom. The first-order valence-corrected chi connectivity index (χ1v) is 9.48. The zero-order valence-corrected chi connectivity index (χ0v) is 14.9. The van der Waals surface area contributed by atoms with Crippen molar-refractivity contribution in [2.45, 2.75) is 36.9 Å². The SMILES string of the molecule is CC(CCc1ccc(S(C)(=O)=O)cc1)Nc1nc(N)nc(C(F)(F)F)n1. The lowest BCUT2D eigenvalue weighted by Crippen LogP contribution is -2.21. The van der Waals surface area contributed by atoms with Crippen LogP contribution in [-0.4, -0.2) is 35.7 Å². The van der Waals surface area contributed by atoms with Gasteiger partial charge in [0.05, 0.1) is 4.90 Å². The second-order valence-electron chi connectivity index (χ2n) is 5.84. The molecule has 2 rings (SSSR count). The van der Waals surface area contributed by atoms with Crippen molar-refractivity contribution in [3.8, 4) is 0 Å². The summed E-state index contributed by atoms with van der Waals surface area (Å²) in [5.41, 5.74) is 6.19. The quantitative estimate of drug-likeness (QED) is 0.780. The molecule has 3 N–H and O–H groups in total. The van der Waals surface area contributed by atoms with E-state index < -0.39 is 27.8 Å². The lowest BCUT2D eigenvalue weighted by Gasteiger charge is -2.15. The lowest BCUT2D eigenvalue weighted by molar-refractivity contribution is -0.144. The fourth-order valence-corrected chi connectivity index (χ4v) is 2.79. The van der Waals surface area contributed by atoms with Crippen LogP contribution < -0.4 is 11.1 Å². The van der Waals surface area contributed by atoms with Crippen LogP contribution in [0.1, 0.15) is 24.7 Å². The van der Waals surface area contributed by atoms with Crippen molar-refractivity contribution in [1.82, 2.24) is 15.0 Å². The standard InChI is InChI=1S/C15H18F3N5O2S/c1-9(3-4-10-5-7-11(8-6-10)26(2,24)25)20-14-22-12(15(16,17)18)21-13(19)23-14/h5-9H,3-4H2,1-2H3,(H3,19,20,21,22,23). The van der Waals surface area contributed by atoms with E-state index in [1.54, 1.807) is 19.1 Å². The van der Waals surface area contributed by atoms with Gasteiger partial charge in [0.25, 0.3) is 0 Å². The highest BCUT2D eigenvalue weighted by Crippen LogP contribution is 2.27. The van der Waals surface area contributed by atoms with E-state index in [9.17, 15) is 21.6 Å². The number of halogens is 3. The predicted molar refractivity (Wildman–Crippen MR) is 90.2 cm³/mol. The third-order valence-corrected chi connectivity index (χ3v) is 4.63. The minimum Gasteiger partial charge on any atom is -0.368 e. The third kappa shape index (κ3) is 5.55. The molecule has 0 aliphatic heterocycles. The fourth-order valence-electron chi connectivity index (χ4n) is 2.16. The molecule has 0 aliphatic carbocycles. The number of sulfone groups is 1. The number of aromatic nitrogens is 3. The van der Waals surface area contributed by atoms with E-state index in [-0.39, 0.29) is 16.9 Å². The van der Waals surface area contributed by atoms with Gasteiger partial charge in [-0.05, 0) is 37.5 Å². The molecule has 11 heteroatoms. The smallest absolute Gasteiger partial charge is 0.368 e. The zero-order valence-electron chi connectivity index (χ0n) is 14.1. The Labute approximate surface area is 148 Å². The molecule has 142 valence electrons. The van der Waals surface area contributed by atoms with E-state index in [4.69, 9.17) is 5.73 Å². The summed E-state index contributed by atoms with van der Waals surface area (Å²) in [6.07, 6.45) is -2.43. The van der Waals surface area contributed by atoms with Crippen LogP contribution in [0, 0.1) is 0 Å². The molecule has 2 aromatic rings. The molecule has 0 amide bonds. The summed E-state index contributed by atoms with van der Waals surface area (Å²) < 4.78 is 60.9. The van der Waals surface area contributed by atoms with Crippen LogP contribution in [0.2, 0.25) is 0 Å². The molecule has 1 aromatic carbocycles. The number of nitrogens with zero attached hydrogens (tertiary/aromatic N) is 3.